The molecular weight excluding hydrogens is 242 g/mol. The number of rotatable bonds is 6. The molecule has 0 saturated carbocycles. The molecule has 4 nitrogen and oxygen atoms in total. The number of carbonyl (C=O) groups is 2. The van der Waals surface area contributed by atoms with Crippen molar-refractivity contribution in [1.82, 2.24) is 4.90 Å². The summed E-state index contributed by atoms with van der Waals surface area (Å²) in [6.45, 7) is 2.88. The number of ether oxygens (including phenoxy) is 1. The molecular formula is C15H19NO3. The second kappa shape index (κ2) is 6.48. The summed E-state index contributed by atoms with van der Waals surface area (Å²) >= 11 is 0. The Bertz CT molecular complexity index is 428. The largest absolute Gasteiger partial charge is 0.375 e. The van der Waals surface area contributed by atoms with Gasteiger partial charge in [-0.05, 0) is 12.0 Å². The number of imide groups is 1. The van der Waals surface area contributed by atoms with Gasteiger partial charge in [0.2, 0.25) is 11.8 Å². The Kier molecular flexibility index (Phi) is 4.68. The molecule has 0 aromatic heterocycles. The average molecular weight is 261 g/mol. The summed E-state index contributed by atoms with van der Waals surface area (Å²) in [5, 5.41) is 0. The molecule has 1 aliphatic rings. The molecule has 1 aromatic carbocycles. The van der Waals surface area contributed by atoms with Crippen LogP contribution in [0.2, 0.25) is 0 Å². The van der Waals surface area contributed by atoms with Crippen molar-refractivity contribution >= 4 is 11.8 Å². The SMILES string of the molecule is CC[C@@H](COCc1ccccc1)N1C(=O)CCC1=O. The Morgan fingerprint density at radius 2 is 1.79 bits per heavy atom. The number of hydrogen-bond acceptors (Lipinski definition) is 3. The zero-order valence-corrected chi connectivity index (χ0v) is 11.2. The van der Waals surface area contributed by atoms with Crippen LogP contribution in [0.5, 0.6) is 0 Å². The van der Waals surface area contributed by atoms with Crippen molar-refractivity contribution in [3.63, 3.8) is 0 Å². The number of likely N-dealkylation sites (tertiary alicyclic amines) is 1. The fourth-order valence-corrected chi connectivity index (χ4v) is 2.26. The van der Waals surface area contributed by atoms with E-state index in [-0.39, 0.29) is 17.9 Å². The van der Waals surface area contributed by atoms with Gasteiger partial charge in [-0.25, -0.2) is 0 Å². The monoisotopic (exact) mass is 261 g/mol. The van der Waals surface area contributed by atoms with Gasteiger partial charge in [0.15, 0.2) is 0 Å². The fraction of sp³-hybridized carbons (Fsp3) is 0.467. The van der Waals surface area contributed by atoms with Crippen LogP contribution in [-0.4, -0.2) is 29.4 Å². The van der Waals surface area contributed by atoms with E-state index in [1.165, 1.54) is 4.90 Å². The van der Waals surface area contributed by atoms with Gasteiger partial charge in [0.05, 0.1) is 19.3 Å². The standard InChI is InChI=1S/C15H19NO3/c1-2-13(16-14(17)8-9-15(16)18)11-19-10-12-6-4-3-5-7-12/h3-7,13H,2,8-11H2,1H3/t13-/m0/s1. The third-order valence-electron chi connectivity index (χ3n) is 3.35. The van der Waals surface area contributed by atoms with E-state index in [0.29, 0.717) is 26.1 Å². The minimum absolute atomic E-state index is 0.0693. The molecule has 19 heavy (non-hydrogen) atoms. The average Bonchev–Trinajstić information content (AvgIpc) is 2.76. The van der Waals surface area contributed by atoms with Gasteiger partial charge in [0.1, 0.15) is 0 Å². The molecule has 0 spiro atoms. The summed E-state index contributed by atoms with van der Waals surface area (Å²) in [5.74, 6) is -0.139. The first kappa shape index (κ1) is 13.7. The summed E-state index contributed by atoms with van der Waals surface area (Å²) < 4.78 is 5.64. The third-order valence-corrected chi connectivity index (χ3v) is 3.35. The Labute approximate surface area is 113 Å². The van der Waals surface area contributed by atoms with E-state index in [2.05, 4.69) is 0 Å². The van der Waals surface area contributed by atoms with Crippen molar-refractivity contribution in [3.05, 3.63) is 35.9 Å². The number of benzene rings is 1. The lowest BCUT2D eigenvalue weighted by Gasteiger charge is -2.24. The van der Waals surface area contributed by atoms with E-state index < -0.39 is 0 Å². The molecule has 1 heterocycles. The zero-order chi connectivity index (χ0) is 13.7. The summed E-state index contributed by atoms with van der Waals surface area (Å²) in [7, 11) is 0. The predicted molar refractivity (Wildman–Crippen MR) is 71.3 cm³/mol. The third kappa shape index (κ3) is 3.41. The molecule has 0 bridgehead atoms. The molecule has 4 heteroatoms. The van der Waals surface area contributed by atoms with Crippen LogP contribution in [0.1, 0.15) is 31.7 Å². The molecule has 2 rings (SSSR count). The molecule has 1 atom stereocenters. The minimum atomic E-state index is -0.133. The van der Waals surface area contributed by atoms with E-state index in [1.54, 1.807) is 0 Å². The highest BCUT2D eigenvalue weighted by atomic mass is 16.5. The van der Waals surface area contributed by atoms with Crippen molar-refractivity contribution in [1.29, 1.82) is 0 Å². The van der Waals surface area contributed by atoms with Gasteiger partial charge in [0, 0.05) is 12.8 Å². The van der Waals surface area contributed by atoms with Gasteiger partial charge in [-0.2, -0.15) is 0 Å². The van der Waals surface area contributed by atoms with Gasteiger partial charge >= 0.3 is 0 Å². The lowest BCUT2D eigenvalue weighted by atomic mass is 10.2. The summed E-state index contributed by atoms with van der Waals surface area (Å²) in [6.07, 6.45) is 1.41. The molecule has 1 aromatic rings. The van der Waals surface area contributed by atoms with Gasteiger partial charge in [-0.1, -0.05) is 37.3 Å². The van der Waals surface area contributed by atoms with E-state index >= 15 is 0 Å². The van der Waals surface area contributed by atoms with Crippen LogP contribution in [-0.2, 0) is 20.9 Å². The van der Waals surface area contributed by atoms with E-state index in [4.69, 9.17) is 4.74 Å². The number of hydrogen-bond donors (Lipinski definition) is 0. The Hall–Kier alpha value is -1.68. The van der Waals surface area contributed by atoms with Crippen molar-refractivity contribution in [2.75, 3.05) is 6.61 Å². The first-order chi connectivity index (χ1) is 9.22. The molecule has 0 aliphatic carbocycles. The smallest absolute Gasteiger partial charge is 0.230 e. The molecule has 0 radical (unpaired) electrons. The van der Waals surface area contributed by atoms with Gasteiger partial charge in [0.25, 0.3) is 0 Å². The maximum absolute atomic E-state index is 11.7. The maximum Gasteiger partial charge on any atom is 0.230 e. The quantitative estimate of drug-likeness (QED) is 0.737. The van der Waals surface area contributed by atoms with Crippen LogP contribution >= 0.6 is 0 Å². The van der Waals surface area contributed by atoms with Crippen LogP contribution in [0.15, 0.2) is 30.3 Å². The van der Waals surface area contributed by atoms with Gasteiger partial charge in [-0.15, -0.1) is 0 Å². The van der Waals surface area contributed by atoms with Gasteiger partial charge in [-0.3, -0.25) is 14.5 Å². The fourth-order valence-electron chi connectivity index (χ4n) is 2.26. The minimum Gasteiger partial charge on any atom is -0.375 e. The molecule has 1 aliphatic heterocycles. The Morgan fingerprint density at radius 1 is 1.16 bits per heavy atom. The molecule has 102 valence electrons. The summed E-state index contributed by atoms with van der Waals surface area (Å²) in [4.78, 5) is 24.7. The second-order valence-corrected chi connectivity index (χ2v) is 4.72. The highest BCUT2D eigenvalue weighted by Gasteiger charge is 2.34. The van der Waals surface area contributed by atoms with Crippen LogP contribution in [0.25, 0.3) is 0 Å². The molecule has 0 unspecified atom stereocenters. The first-order valence-electron chi connectivity index (χ1n) is 6.69. The van der Waals surface area contributed by atoms with E-state index in [0.717, 1.165) is 12.0 Å². The summed E-state index contributed by atoms with van der Waals surface area (Å²) in [5.41, 5.74) is 1.09. The number of carbonyl (C=O) groups excluding carboxylic acids is 2. The zero-order valence-electron chi connectivity index (χ0n) is 11.2. The molecule has 1 fully saturated rings. The number of nitrogens with zero attached hydrogens (tertiary/aromatic N) is 1. The van der Waals surface area contributed by atoms with Crippen LogP contribution < -0.4 is 0 Å². The van der Waals surface area contributed by atoms with Gasteiger partial charge < -0.3 is 4.74 Å². The van der Waals surface area contributed by atoms with Crippen LogP contribution in [0.3, 0.4) is 0 Å². The van der Waals surface area contributed by atoms with Crippen molar-refractivity contribution in [2.45, 2.75) is 38.8 Å². The molecule has 1 saturated heterocycles. The topological polar surface area (TPSA) is 46.6 Å². The maximum atomic E-state index is 11.7. The molecule has 2 amide bonds. The normalized spacial score (nSPS) is 17.0. The first-order valence-corrected chi connectivity index (χ1v) is 6.69. The van der Waals surface area contributed by atoms with Crippen molar-refractivity contribution in [3.8, 4) is 0 Å². The van der Waals surface area contributed by atoms with Crippen molar-refractivity contribution < 1.29 is 14.3 Å². The number of amides is 2. The van der Waals surface area contributed by atoms with Crippen LogP contribution in [0, 0.1) is 0 Å². The highest BCUT2D eigenvalue weighted by Crippen LogP contribution is 2.18. The van der Waals surface area contributed by atoms with E-state index in [9.17, 15) is 9.59 Å². The summed E-state index contributed by atoms with van der Waals surface area (Å²) in [6, 6.07) is 9.74. The Balaban J connectivity index is 1.86. The van der Waals surface area contributed by atoms with Crippen LogP contribution in [0.4, 0.5) is 0 Å². The second-order valence-electron chi connectivity index (χ2n) is 4.72. The Morgan fingerprint density at radius 3 is 2.37 bits per heavy atom. The lowest BCUT2D eigenvalue weighted by Crippen LogP contribution is -2.41. The lowest BCUT2D eigenvalue weighted by molar-refractivity contribution is -0.142. The predicted octanol–water partition coefficient (Wildman–Crippen LogP) is 2.13. The van der Waals surface area contributed by atoms with Crippen molar-refractivity contribution in [2.24, 2.45) is 0 Å². The molecule has 0 N–H and O–H groups in total. The highest BCUT2D eigenvalue weighted by molar-refractivity contribution is 6.02. The van der Waals surface area contributed by atoms with E-state index in [1.807, 2.05) is 37.3 Å².